The van der Waals surface area contributed by atoms with E-state index >= 15 is 0 Å². The molecule has 0 aliphatic heterocycles. The van der Waals surface area contributed by atoms with E-state index in [0.29, 0.717) is 6.54 Å². The Morgan fingerprint density at radius 1 is 0.889 bits per heavy atom. The summed E-state index contributed by atoms with van der Waals surface area (Å²) in [4.78, 5) is 13.7. The summed E-state index contributed by atoms with van der Waals surface area (Å²) in [5.74, 6) is 0. The fraction of sp³-hybridized carbons (Fsp3) is 0.188. The first-order chi connectivity index (χ1) is 8.90. The van der Waals surface area contributed by atoms with Gasteiger partial charge in [-0.1, -0.05) is 54.6 Å². The van der Waals surface area contributed by atoms with Gasteiger partial charge in [-0.15, -0.1) is 0 Å². The molecule has 0 aliphatic carbocycles. The predicted molar refractivity (Wildman–Crippen MR) is 72.4 cm³/mol. The number of hydrogen-bond donors (Lipinski definition) is 0. The molecule has 18 heavy (non-hydrogen) atoms. The van der Waals surface area contributed by atoms with Crippen LogP contribution in [0.1, 0.15) is 16.7 Å². The van der Waals surface area contributed by atoms with Crippen LogP contribution in [0, 0.1) is 0 Å². The summed E-state index contributed by atoms with van der Waals surface area (Å²) in [5.41, 5.74) is 3.84. The van der Waals surface area contributed by atoms with Crippen LogP contribution in [-0.4, -0.2) is 12.6 Å². The largest absolute Gasteiger partial charge is 0.234 e. The number of rotatable bonds is 5. The van der Waals surface area contributed by atoms with Crippen molar-refractivity contribution in [2.45, 2.75) is 12.8 Å². The summed E-state index contributed by atoms with van der Waals surface area (Å²) in [5, 5.41) is 0. The molecule has 0 fully saturated rings. The molecule has 0 saturated heterocycles. The summed E-state index contributed by atoms with van der Waals surface area (Å²) < 4.78 is 0. The first kappa shape index (κ1) is 12.3. The van der Waals surface area contributed by atoms with E-state index in [0.717, 1.165) is 12.8 Å². The molecule has 90 valence electrons. The third-order valence-corrected chi connectivity index (χ3v) is 2.91. The van der Waals surface area contributed by atoms with Crippen LogP contribution in [0.4, 0.5) is 0 Å². The minimum Gasteiger partial charge on any atom is -0.211 e. The monoisotopic (exact) mass is 237 g/mol. The summed E-state index contributed by atoms with van der Waals surface area (Å²) in [6, 6.07) is 18.7. The molecule has 2 aromatic carbocycles. The van der Waals surface area contributed by atoms with Gasteiger partial charge in [-0.3, -0.25) is 0 Å². The molecule has 0 aromatic heterocycles. The number of benzene rings is 2. The van der Waals surface area contributed by atoms with Crippen LogP contribution < -0.4 is 0 Å². The third-order valence-electron chi connectivity index (χ3n) is 2.91. The smallest absolute Gasteiger partial charge is 0.211 e. The SMILES string of the molecule is O=C=NCCc1ccccc1Cc1ccccc1. The minimum atomic E-state index is 0.509. The van der Waals surface area contributed by atoms with Crippen LogP contribution in [0.3, 0.4) is 0 Å². The zero-order valence-electron chi connectivity index (χ0n) is 10.2. The van der Waals surface area contributed by atoms with Gasteiger partial charge in [0.2, 0.25) is 6.08 Å². The van der Waals surface area contributed by atoms with Gasteiger partial charge in [0.15, 0.2) is 0 Å². The Labute approximate surface area is 107 Å². The highest BCUT2D eigenvalue weighted by Crippen LogP contribution is 2.15. The van der Waals surface area contributed by atoms with Crippen molar-refractivity contribution in [3.8, 4) is 0 Å². The Hall–Kier alpha value is -2.18. The molecular formula is C16H15NO. The van der Waals surface area contributed by atoms with Crippen molar-refractivity contribution in [3.05, 3.63) is 71.3 Å². The molecule has 2 nitrogen and oxygen atoms in total. The van der Waals surface area contributed by atoms with Crippen LogP contribution >= 0.6 is 0 Å². The van der Waals surface area contributed by atoms with Crippen LogP contribution in [0.5, 0.6) is 0 Å². The maximum atomic E-state index is 10.1. The van der Waals surface area contributed by atoms with Gasteiger partial charge < -0.3 is 0 Å². The zero-order chi connectivity index (χ0) is 12.6. The van der Waals surface area contributed by atoms with Gasteiger partial charge in [0.05, 0.1) is 6.54 Å². The van der Waals surface area contributed by atoms with Crippen molar-refractivity contribution >= 4 is 6.08 Å². The molecule has 0 bridgehead atoms. The average Bonchev–Trinajstić information content (AvgIpc) is 2.42. The van der Waals surface area contributed by atoms with Gasteiger partial charge in [0, 0.05) is 0 Å². The van der Waals surface area contributed by atoms with Crippen molar-refractivity contribution in [2.75, 3.05) is 6.54 Å². The van der Waals surface area contributed by atoms with E-state index in [4.69, 9.17) is 0 Å². The topological polar surface area (TPSA) is 29.4 Å². The molecule has 2 aromatic rings. The lowest BCUT2D eigenvalue weighted by Gasteiger charge is -2.08. The maximum Gasteiger partial charge on any atom is 0.234 e. The van der Waals surface area contributed by atoms with Crippen molar-refractivity contribution in [1.82, 2.24) is 0 Å². The number of carbonyl (C=O) groups excluding carboxylic acids is 1. The van der Waals surface area contributed by atoms with Crippen molar-refractivity contribution in [2.24, 2.45) is 4.99 Å². The van der Waals surface area contributed by atoms with E-state index in [1.165, 1.54) is 16.7 Å². The molecular weight excluding hydrogens is 222 g/mol. The number of nitrogens with zero attached hydrogens (tertiary/aromatic N) is 1. The van der Waals surface area contributed by atoms with E-state index in [-0.39, 0.29) is 0 Å². The number of hydrogen-bond acceptors (Lipinski definition) is 2. The molecule has 0 radical (unpaired) electrons. The Morgan fingerprint density at radius 3 is 2.28 bits per heavy atom. The molecule has 2 heteroatoms. The normalized spacial score (nSPS) is 9.78. The quantitative estimate of drug-likeness (QED) is 0.580. The van der Waals surface area contributed by atoms with Gasteiger partial charge in [0.25, 0.3) is 0 Å². The number of isocyanates is 1. The molecule has 0 saturated carbocycles. The molecule has 2 rings (SSSR count). The summed E-state index contributed by atoms with van der Waals surface area (Å²) in [6.45, 7) is 0.509. The van der Waals surface area contributed by atoms with Crippen LogP contribution in [0.2, 0.25) is 0 Å². The lowest BCUT2D eigenvalue weighted by atomic mass is 9.98. The molecule has 0 aliphatic rings. The highest BCUT2D eigenvalue weighted by atomic mass is 16.1. The van der Waals surface area contributed by atoms with Crippen molar-refractivity contribution in [1.29, 1.82) is 0 Å². The third kappa shape index (κ3) is 3.41. The lowest BCUT2D eigenvalue weighted by molar-refractivity contribution is 0.563. The molecule has 0 N–H and O–H groups in total. The van der Waals surface area contributed by atoms with E-state index in [1.807, 2.05) is 18.2 Å². The van der Waals surface area contributed by atoms with Gasteiger partial charge in [-0.25, -0.2) is 9.79 Å². The second kappa shape index (κ2) is 6.53. The first-order valence-corrected chi connectivity index (χ1v) is 6.04. The fourth-order valence-corrected chi connectivity index (χ4v) is 2.01. The number of aliphatic imine (C=N–C) groups is 1. The van der Waals surface area contributed by atoms with E-state index in [1.54, 1.807) is 6.08 Å². The average molecular weight is 237 g/mol. The van der Waals surface area contributed by atoms with Gasteiger partial charge >= 0.3 is 0 Å². The van der Waals surface area contributed by atoms with Crippen molar-refractivity contribution in [3.63, 3.8) is 0 Å². The minimum absolute atomic E-state index is 0.509. The first-order valence-electron chi connectivity index (χ1n) is 6.04. The molecule has 0 unspecified atom stereocenters. The van der Waals surface area contributed by atoms with E-state index in [2.05, 4.69) is 41.4 Å². The van der Waals surface area contributed by atoms with Gasteiger partial charge in [-0.2, -0.15) is 0 Å². The predicted octanol–water partition coefficient (Wildman–Crippen LogP) is 3.16. The summed E-state index contributed by atoms with van der Waals surface area (Å²) in [6.07, 6.45) is 3.29. The van der Waals surface area contributed by atoms with Gasteiger partial charge in [-0.05, 0) is 29.5 Å². The summed E-state index contributed by atoms with van der Waals surface area (Å²) >= 11 is 0. The second-order valence-electron chi connectivity index (χ2n) is 4.15. The Kier molecular flexibility index (Phi) is 4.46. The Balaban J connectivity index is 2.14. The van der Waals surface area contributed by atoms with Crippen LogP contribution in [-0.2, 0) is 17.6 Å². The Morgan fingerprint density at radius 2 is 1.56 bits per heavy atom. The van der Waals surface area contributed by atoms with Crippen molar-refractivity contribution < 1.29 is 4.79 Å². The molecule has 0 spiro atoms. The zero-order valence-corrected chi connectivity index (χ0v) is 10.2. The summed E-state index contributed by atoms with van der Waals surface area (Å²) in [7, 11) is 0. The van der Waals surface area contributed by atoms with E-state index in [9.17, 15) is 4.79 Å². The Bertz CT molecular complexity index is 542. The lowest BCUT2D eigenvalue weighted by Crippen LogP contribution is -1.97. The fourth-order valence-electron chi connectivity index (χ4n) is 2.01. The van der Waals surface area contributed by atoms with Crippen LogP contribution in [0.15, 0.2) is 59.6 Å². The highest BCUT2D eigenvalue weighted by molar-refractivity contribution is 5.35. The maximum absolute atomic E-state index is 10.1. The van der Waals surface area contributed by atoms with E-state index < -0.39 is 0 Å². The second-order valence-corrected chi connectivity index (χ2v) is 4.15. The molecule has 0 amide bonds. The van der Waals surface area contributed by atoms with Crippen LogP contribution in [0.25, 0.3) is 0 Å². The standard InChI is InChI=1S/C16H15NO/c18-13-17-11-10-15-8-4-5-9-16(15)12-14-6-2-1-3-7-14/h1-9H,10-12H2. The highest BCUT2D eigenvalue weighted by Gasteiger charge is 2.02. The van der Waals surface area contributed by atoms with Gasteiger partial charge in [0.1, 0.15) is 0 Å². The molecule has 0 heterocycles. The molecule has 0 atom stereocenters.